The summed E-state index contributed by atoms with van der Waals surface area (Å²) in [4.78, 5) is 11.6. The van der Waals surface area contributed by atoms with Crippen molar-refractivity contribution in [3.05, 3.63) is 34.3 Å². The molecule has 0 saturated carbocycles. The van der Waals surface area contributed by atoms with Crippen molar-refractivity contribution in [3.63, 3.8) is 0 Å². The Bertz CT molecular complexity index is 338. The van der Waals surface area contributed by atoms with Gasteiger partial charge in [0.15, 0.2) is 0 Å². The van der Waals surface area contributed by atoms with Gasteiger partial charge in [-0.05, 0) is 37.2 Å². The van der Waals surface area contributed by atoms with Crippen molar-refractivity contribution in [2.75, 3.05) is 19.6 Å². The van der Waals surface area contributed by atoms with Gasteiger partial charge in [-0.25, -0.2) is 0 Å². The first-order valence-electron chi connectivity index (χ1n) is 5.94. The van der Waals surface area contributed by atoms with E-state index in [2.05, 4.69) is 33.5 Å². The highest BCUT2D eigenvalue weighted by Crippen LogP contribution is 2.10. The smallest absolute Gasteiger partial charge is 0.224 e. The highest BCUT2D eigenvalue weighted by Gasteiger charge is 2.02. The molecule has 1 aromatic carbocycles. The fraction of sp³-hybridized carbons (Fsp3) is 0.462. The van der Waals surface area contributed by atoms with Gasteiger partial charge < -0.3 is 10.6 Å². The predicted molar refractivity (Wildman–Crippen MR) is 74.0 cm³/mol. The Kier molecular flexibility index (Phi) is 6.89. The Morgan fingerprint density at radius 2 is 1.94 bits per heavy atom. The lowest BCUT2D eigenvalue weighted by molar-refractivity contribution is -0.120. The molecular formula is C13H19BrN2O. The van der Waals surface area contributed by atoms with E-state index in [1.807, 2.05) is 24.3 Å². The largest absolute Gasteiger partial charge is 0.356 e. The average Bonchev–Trinajstić information content (AvgIpc) is 2.32. The lowest BCUT2D eigenvalue weighted by Gasteiger charge is -2.05. The Balaban J connectivity index is 2.18. The van der Waals surface area contributed by atoms with Gasteiger partial charge in [0.2, 0.25) is 5.91 Å². The van der Waals surface area contributed by atoms with E-state index < -0.39 is 0 Å². The second-order valence-corrected chi connectivity index (χ2v) is 4.78. The zero-order valence-electron chi connectivity index (χ0n) is 10.1. The molecule has 94 valence electrons. The SMILES string of the molecule is CCNCCCNC(=O)Cc1ccc(Br)cc1. The fourth-order valence-electron chi connectivity index (χ4n) is 1.47. The molecule has 0 radical (unpaired) electrons. The Morgan fingerprint density at radius 3 is 2.59 bits per heavy atom. The van der Waals surface area contributed by atoms with Crippen LogP contribution in [0.15, 0.2) is 28.7 Å². The number of nitrogens with one attached hydrogen (secondary N) is 2. The van der Waals surface area contributed by atoms with E-state index in [0.29, 0.717) is 6.42 Å². The van der Waals surface area contributed by atoms with Crippen LogP contribution in [0.4, 0.5) is 0 Å². The molecule has 0 saturated heterocycles. The van der Waals surface area contributed by atoms with Crippen LogP contribution in [0.25, 0.3) is 0 Å². The predicted octanol–water partition coefficient (Wildman–Crippen LogP) is 2.11. The number of hydrogen-bond acceptors (Lipinski definition) is 2. The third-order valence-electron chi connectivity index (χ3n) is 2.38. The molecule has 17 heavy (non-hydrogen) atoms. The maximum Gasteiger partial charge on any atom is 0.224 e. The van der Waals surface area contributed by atoms with Gasteiger partial charge in [-0.15, -0.1) is 0 Å². The Morgan fingerprint density at radius 1 is 1.24 bits per heavy atom. The van der Waals surface area contributed by atoms with E-state index in [9.17, 15) is 4.79 Å². The van der Waals surface area contributed by atoms with Crippen LogP contribution in [0.3, 0.4) is 0 Å². The first kappa shape index (κ1) is 14.2. The first-order chi connectivity index (χ1) is 8.22. The van der Waals surface area contributed by atoms with Crippen molar-refractivity contribution in [2.45, 2.75) is 19.8 Å². The van der Waals surface area contributed by atoms with Gasteiger partial charge in [-0.2, -0.15) is 0 Å². The monoisotopic (exact) mass is 298 g/mol. The summed E-state index contributed by atoms with van der Waals surface area (Å²) in [6.07, 6.45) is 1.43. The lowest BCUT2D eigenvalue weighted by atomic mass is 10.1. The molecule has 0 aliphatic rings. The van der Waals surface area contributed by atoms with Crippen LogP contribution in [0.2, 0.25) is 0 Å². The van der Waals surface area contributed by atoms with Gasteiger partial charge in [0, 0.05) is 11.0 Å². The second-order valence-electron chi connectivity index (χ2n) is 3.86. The Hall–Kier alpha value is -0.870. The van der Waals surface area contributed by atoms with Crippen LogP contribution < -0.4 is 10.6 Å². The van der Waals surface area contributed by atoms with Crippen LogP contribution in [0.5, 0.6) is 0 Å². The summed E-state index contributed by atoms with van der Waals surface area (Å²) in [5, 5.41) is 6.14. The van der Waals surface area contributed by atoms with Crippen molar-refractivity contribution in [3.8, 4) is 0 Å². The zero-order chi connectivity index (χ0) is 12.5. The van der Waals surface area contributed by atoms with Crippen molar-refractivity contribution in [1.29, 1.82) is 0 Å². The molecule has 1 amide bonds. The molecule has 1 rings (SSSR count). The minimum absolute atomic E-state index is 0.0869. The van der Waals surface area contributed by atoms with Crippen molar-refractivity contribution in [2.24, 2.45) is 0 Å². The molecule has 3 nitrogen and oxygen atoms in total. The number of carbonyl (C=O) groups excluding carboxylic acids is 1. The van der Waals surface area contributed by atoms with Gasteiger partial charge in [-0.1, -0.05) is 35.0 Å². The molecule has 0 aliphatic heterocycles. The quantitative estimate of drug-likeness (QED) is 0.757. The highest BCUT2D eigenvalue weighted by molar-refractivity contribution is 9.10. The number of hydrogen-bond donors (Lipinski definition) is 2. The summed E-state index contributed by atoms with van der Waals surface area (Å²) in [6, 6.07) is 7.83. The number of benzene rings is 1. The maximum atomic E-state index is 11.6. The van der Waals surface area contributed by atoms with Gasteiger partial charge in [0.05, 0.1) is 6.42 Å². The summed E-state index contributed by atoms with van der Waals surface area (Å²) in [5.74, 6) is 0.0869. The van der Waals surface area contributed by atoms with Crippen molar-refractivity contribution in [1.82, 2.24) is 10.6 Å². The van der Waals surface area contributed by atoms with Crippen LogP contribution in [-0.4, -0.2) is 25.5 Å². The van der Waals surface area contributed by atoms with Gasteiger partial charge in [0.1, 0.15) is 0 Å². The molecule has 0 bridgehead atoms. The standard InChI is InChI=1S/C13H19BrN2O/c1-2-15-8-3-9-16-13(17)10-11-4-6-12(14)7-5-11/h4-7,15H,2-3,8-10H2,1H3,(H,16,17). The number of amides is 1. The van der Waals surface area contributed by atoms with Crippen molar-refractivity contribution < 1.29 is 4.79 Å². The molecule has 0 unspecified atom stereocenters. The molecule has 0 aromatic heterocycles. The normalized spacial score (nSPS) is 10.2. The van der Waals surface area contributed by atoms with Crippen LogP contribution in [0.1, 0.15) is 18.9 Å². The minimum Gasteiger partial charge on any atom is -0.356 e. The third-order valence-corrected chi connectivity index (χ3v) is 2.91. The molecule has 2 N–H and O–H groups in total. The zero-order valence-corrected chi connectivity index (χ0v) is 11.7. The third kappa shape index (κ3) is 6.44. The molecule has 0 spiro atoms. The van der Waals surface area contributed by atoms with E-state index in [-0.39, 0.29) is 5.91 Å². The van der Waals surface area contributed by atoms with Crippen LogP contribution >= 0.6 is 15.9 Å². The summed E-state index contributed by atoms with van der Waals surface area (Å²) < 4.78 is 1.03. The molecule has 0 fully saturated rings. The van der Waals surface area contributed by atoms with E-state index in [0.717, 1.165) is 36.1 Å². The van der Waals surface area contributed by atoms with Gasteiger partial charge in [0.25, 0.3) is 0 Å². The van der Waals surface area contributed by atoms with Gasteiger partial charge in [-0.3, -0.25) is 4.79 Å². The van der Waals surface area contributed by atoms with E-state index in [4.69, 9.17) is 0 Å². The first-order valence-corrected chi connectivity index (χ1v) is 6.73. The molecule has 4 heteroatoms. The summed E-state index contributed by atoms with van der Waals surface area (Å²) in [5.41, 5.74) is 1.04. The maximum absolute atomic E-state index is 11.6. The minimum atomic E-state index is 0.0869. The number of rotatable bonds is 7. The molecule has 0 aliphatic carbocycles. The molecule has 1 aromatic rings. The topological polar surface area (TPSA) is 41.1 Å². The van der Waals surface area contributed by atoms with Crippen LogP contribution in [-0.2, 0) is 11.2 Å². The number of halogens is 1. The van der Waals surface area contributed by atoms with E-state index in [1.54, 1.807) is 0 Å². The van der Waals surface area contributed by atoms with Crippen LogP contribution in [0, 0.1) is 0 Å². The molecular weight excluding hydrogens is 280 g/mol. The summed E-state index contributed by atoms with van der Waals surface area (Å²) >= 11 is 3.37. The van der Waals surface area contributed by atoms with Crippen molar-refractivity contribution >= 4 is 21.8 Å². The second kappa shape index (κ2) is 8.25. The average molecular weight is 299 g/mol. The Labute approximate surface area is 111 Å². The fourth-order valence-corrected chi connectivity index (χ4v) is 1.73. The van der Waals surface area contributed by atoms with E-state index >= 15 is 0 Å². The molecule has 0 atom stereocenters. The lowest BCUT2D eigenvalue weighted by Crippen LogP contribution is -2.28. The summed E-state index contributed by atoms with van der Waals surface area (Å²) in [7, 11) is 0. The highest BCUT2D eigenvalue weighted by atomic mass is 79.9. The summed E-state index contributed by atoms with van der Waals surface area (Å²) in [6.45, 7) is 4.75. The number of carbonyl (C=O) groups is 1. The molecule has 0 heterocycles. The van der Waals surface area contributed by atoms with Gasteiger partial charge >= 0.3 is 0 Å². The van der Waals surface area contributed by atoms with E-state index in [1.165, 1.54) is 0 Å².